The van der Waals surface area contributed by atoms with Gasteiger partial charge < -0.3 is 14.8 Å². The van der Waals surface area contributed by atoms with Crippen LogP contribution in [-0.4, -0.2) is 64.3 Å². The van der Waals surface area contributed by atoms with Crippen molar-refractivity contribution in [2.45, 2.75) is 6.54 Å². The molecule has 10 nitrogen and oxygen atoms in total. The molecular weight excluding hydrogens is 471 g/mol. The van der Waals surface area contributed by atoms with Crippen LogP contribution in [0.5, 0.6) is 5.75 Å². The number of rotatable bonds is 9. The summed E-state index contributed by atoms with van der Waals surface area (Å²) in [7, 11) is 0. The Hall–Kier alpha value is -2.92. The fraction of sp³-hybridized carbons (Fsp3) is 0.333. The van der Waals surface area contributed by atoms with Gasteiger partial charge in [-0.25, -0.2) is 4.68 Å². The van der Waals surface area contributed by atoms with Gasteiger partial charge in [-0.15, -0.1) is 5.10 Å². The number of hydrogen-bond acceptors (Lipinski definition) is 8. The average Bonchev–Trinajstić information content (AvgIpc) is 3.28. The SMILES string of the molecule is O=[N+]([O-])c1ccc(-n2cc(CNc3ccc(OCCN4CCOCC4)c(Cl)c3)nn2)c(Cl)c1. The van der Waals surface area contributed by atoms with Crippen LogP contribution in [0.3, 0.4) is 0 Å². The molecule has 1 N–H and O–H groups in total. The Bertz CT molecular complexity index is 1120. The predicted octanol–water partition coefficient (Wildman–Crippen LogP) is 3.81. The molecule has 0 amide bonds. The van der Waals surface area contributed by atoms with Crippen molar-refractivity contribution in [3.05, 3.63) is 68.4 Å². The largest absolute Gasteiger partial charge is 0.491 e. The highest BCUT2D eigenvalue weighted by Gasteiger charge is 2.13. The quantitative estimate of drug-likeness (QED) is 0.354. The molecule has 2 heterocycles. The van der Waals surface area contributed by atoms with Gasteiger partial charge in [-0.3, -0.25) is 15.0 Å². The van der Waals surface area contributed by atoms with Gasteiger partial charge in [0.05, 0.1) is 46.6 Å². The highest BCUT2D eigenvalue weighted by atomic mass is 35.5. The maximum absolute atomic E-state index is 10.9. The molecule has 1 aliphatic rings. The number of halogens is 2. The van der Waals surface area contributed by atoms with E-state index in [4.69, 9.17) is 32.7 Å². The molecular formula is C21H22Cl2N6O4. The molecule has 0 aliphatic carbocycles. The van der Waals surface area contributed by atoms with Crippen molar-refractivity contribution in [1.82, 2.24) is 19.9 Å². The molecule has 3 aromatic rings. The zero-order chi connectivity index (χ0) is 23.2. The van der Waals surface area contributed by atoms with E-state index < -0.39 is 4.92 Å². The molecule has 1 aromatic heterocycles. The Morgan fingerprint density at radius 2 is 1.97 bits per heavy atom. The van der Waals surface area contributed by atoms with Crippen LogP contribution in [0.2, 0.25) is 10.0 Å². The number of nitro groups is 1. The number of benzene rings is 2. The van der Waals surface area contributed by atoms with Gasteiger partial charge in [0.1, 0.15) is 18.1 Å². The van der Waals surface area contributed by atoms with Crippen LogP contribution < -0.4 is 10.1 Å². The monoisotopic (exact) mass is 492 g/mol. The summed E-state index contributed by atoms with van der Waals surface area (Å²) in [6.45, 7) is 5.14. The Kier molecular flexibility index (Phi) is 7.61. The first-order chi connectivity index (χ1) is 16.0. The van der Waals surface area contributed by atoms with Gasteiger partial charge in [0, 0.05) is 37.5 Å². The van der Waals surface area contributed by atoms with E-state index in [0.29, 0.717) is 35.3 Å². The van der Waals surface area contributed by atoms with E-state index in [1.54, 1.807) is 12.3 Å². The molecule has 0 spiro atoms. The third-order valence-electron chi connectivity index (χ3n) is 5.10. The first-order valence-corrected chi connectivity index (χ1v) is 11.1. The van der Waals surface area contributed by atoms with E-state index in [-0.39, 0.29) is 10.7 Å². The molecule has 12 heteroatoms. The lowest BCUT2D eigenvalue weighted by atomic mass is 10.3. The maximum Gasteiger partial charge on any atom is 0.271 e. The first kappa shape index (κ1) is 23.2. The van der Waals surface area contributed by atoms with Gasteiger partial charge in [0.2, 0.25) is 0 Å². The van der Waals surface area contributed by atoms with E-state index in [2.05, 4.69) is 20.5 Å². The smallest absolute Gasteiger partial charge is 0.271 e. The number of nitrogens with zero attached hydrogens (tertiary/aromatic N) is 5. The lowest BCUT2D eigenvalue weighted by molar-refractivity contribution is -0.384. The Balaban J connectivity index is 1.31. The van der Waals surface area contributed by atoms with Crippen molar-refractivity contribution in [2.24, 2.45) is 0 Å². The summed E-state index contributed by atoms with van der Waals surface area (Å²) in [6.07, 6.45) is 1.70. The Labute approximate surface area is 200 Å². The van der Waals surface area contributed by atoms with Gasteiger partial charge in [0.15, 0.2) is 0 Å². The number of aromatic nitrogens is 3. The van der Waals surface area contributed by atoms with Gasteiger partial charge in [-0.05, 0) is 24.3 Å². The van der Waals surface area contributed by atoms with Crippen LogP contribution in [0.1, 0.15) is 5.69 Å². The van der Waals surface area contributed by atoms with Crippen molar-refractivity contribution < 1.29 is 14.4 Å². The summed E-state index contributed by atoms with van der Waals surface area (Å²) in [5.74, 6) is 0.634. The topological polar surface area (TPSA) is 108 Å². The zero-order valence-electron chi connectivity index (χ0n) is 17.6. The fourth-order valence-corrected chi connectivity index (χ4v) is 3.82. The molecule has 174 valence electrons. The van der Waals surface area contributed by atoms with Crippen molar-refractivity contribution in [3.8, 4) is 11.4 Å². The third kappa shape index (κ3) is 6.11. The van der Waals surface area contributed by atoms with E-state index in [1.165, 1.54) is 22.9 Å². The second kappa shape index (κ2) is 10.8. The number of non-ortho nitro benzene ring substituents is 1. The van der Waals surface area contributed by atoms with E-state index in [0.717, 1.165) is 38.5 Å². The minimum absolute atomic E-state index is 0.0869. The Morgan fingerprint density at radius 3 is 2.70 bits per heavy atom. The number of morpholine rings is 1. The normalized spacial score (nSPS) is 14.2. The van der Waals surface area contributed by atoms with Crippen molar-refractivity contribution in [2.75, 3.05) is 44.8 Å². The molecule has 1 aliphatic heterocycles. The van der Waals surface area contributed by atoms with Gasteiger partial charge in [-0.1, -0.05) is 28.4 Å². The molecule has 0 bridgehead atoms. The summed E-state index contributed by atoms with van der Waals surface area (Å²) < 4.78 is 12.6. The molecule has 4 rings (SSSR count). The maximum atomic E-state index is 10.9. The third-order valence-corrected chi connectivity index (χ3v) is 5.70. The second-order valence-corrected chi connectivity index (χ2v) is 8.16. The lowest BCUT2D eigenvalue weighted by Crippen LogP contribution is -2.38. The summed E-state index contributed by atoms with van der Waals surface area (Å²) >= 11 is 12.5. The number of ether oxygens (including phenoxy) is 2. The zero-order valence-corrected chi connectivity index (χ0v) is 19.1. The number of hydrogen-bond donors (Lipinski definition) is 1. The average molecular weight is 493 g/mol. The molecule has 2 aromatic carbocycles. The van der Waals surface area contributed by atoms with E-state index in [9.17, 15) is 10.1 Å². The standard InChI is InChI=1S/C21H22Cl2N6O4/c22-18-12-17(29(30)31)2-3-20(18)28-14-16(25-26-28)13-24-15-1-4-21(19(23)11-15)33-10-7-27-5-8-32-9-6-27/h1-4,11-12,14,24H,5-10,13H2. The second-order valence-electron chi connectivity index (χ2n) is 7.35. The summed E-state index contributed by atoms with van der Waals surface area (Å²) in [4.78, 5) is 12.7. The first-order valence-electron chi connectivity index (χ1n) is 10.3. The Morgan fingerprint density at radius 1 is 1.15 bits per heavy atom. The summed E-state index contributed by atoms with van der Waals surface area (Å²) in [6, 6.07) is 9.69. The van der Waals surface area contributed by atoms with Gasteiger partial charge >= 0.3 is 0 Å². The fourth-order valence-electron chi connectivity index (χ4n) is 3.32. The van der Waals surface area contributed by atoms with Crippen LogP contribution >= 0.6 is 23.2 Å². The molecule has 0 unspecified atom stereocenters. The molecule has 33 heavy (non-hydrogen) atoms. The van der Waals surface area contributed by atoms with Crippen LogP contribution in [0.25, 0.3) is 5.69 Å². The van der Waals surface area contributed by atoms with E-state index >= 15 is 0 Å². The van der Waals surface area contributed by atoms with Crippen molar-refractivity contribution >= 4 is 34.6 Å². The molecule has 1 fully saturated rings. The van der Waals surface area contributed by atoms with E-state index in [1.807, 2.05) is 12.1 Å². The minimum Gasteiger partial charge on any atom is -0.491 e. The van der Waals surface area contributed by atoms with Crippen LogP contribution in [-0.2, 0) is 11.3 Å². The van der Waals surface area contributed by atoms with Crippen molar-refractivity contribution in [3.63, 3.8) is 0 Å². The summed E-state index contributed by atoms with van der Waals surface area (Å²) in [5.41, 5.74) is 1.88. The number of anilines is 1. The lowest BCUT2D eigenvalue weighted by Gasteiger charge is -2.26. The van der Waals surface area contributed by atoms with Crippen molar-refractivity contribution in [1.29, 1.82) is 0 Å². The van der Waals surface area contributed by atoms with Gasteiger partial charge in [-0.2, -0.15) is 0 Å². The molecule has 0 radical (unpaired) electrons. The highest BCUT2D eigenvalue weighted by Crippen LogP contribution is 2.28. The summed E-state index contributed by atoms with van der Waals surface area (Å²) in [5, 5.41) is 23.0. The van der Waals surface area contributed by atoms with Gasteiger partial charge in [0.25, 0.3) is 5.69 Å². The number of nitro benzene ring substituents is 1. The molecule has 1 saturated heterocycles. The van der Waals surface area contributed by atoms with Crippen LogP contribution in [0.15, 0.2) is 42.6 Å². The van der Waals surface area contributed by atoms with Crippen LogP contribution in [0.4, 0.5) is 11.4 Å². The molecule has 0 atom stereocenters. The molecule has 0 saturated carbocycles. The number of nitrogens with one attached hydrogen (secondary N) is 1. The van der Waals surface area contributed by atoms with Crippen LogP contribution in [0, 0.1) is 10.1 Å². The highest BCUT2D eigenvalue weighted by molar-refractivity contribution is 6.32. The minimum atomic E-state index is -0.502. The predicted molar refractivity (Wildman–Crippen MR) is 125 cm³/mol.